The van der Waals surface area contributed by atoms with Gasteiger partial charge in [0.1, 0.15) is 5.54 Å². The number of nitrogens with one attached hydrogen (secondary N) is 1. The molecule has 0 aromatic heterocycles. The molecule has 4 aromatic carbocycles. The van der Waals surface area contributed by atoms with Crippen LogP contribution in [0.25, 0.3) is 0 Å². The number of fused-ring (bicyclic) bond motifs is 1. The molecule has 0 unspecified atom stereocenters. The summed E-state index contributed by atoms with van der Waals surface area (Å²) >= 11 is 0. The van der Waals surface area contributed by atoms with E-state index in [4.69, 9.17) is 0 Å². The van der Waals surface area contributed by atoms with Crippen molar-refractivity contribution in [2.45, 2.75) is 18.4 Å². The maximum Gasteiger partial charge on any atom is 0.241 e. The topological polar surface area (TPSA) is 32.3 Å². The van der Waals surface area contributed by atoms with Crippen LogP contribution in [0.2, 0.25) is 0 Å². The van der Waals surface area contributed by atoms with Gasteiger partial charge in [-0.1, -0.05) is 109 Å². The molecular formula is C28H24N2O. The molecule has 1 aliphatic heterocycles. The molecule has 1 N–H and O–H groups in total. The van der Waals surface area contributed by atoms with Crippen molar-refractivity contribution in [3.05, 3.63) is 138 Å². The average Bonchev–Trinajstić information content (AvgIpc) is 2.85. The molecule has 0 radical (unpaired) electrons. The molecule has 0 atom stereocenters. The minimum atomic E-state index is -0.732. The summed E-state index contributed by atoms with van der Waals surface area (Å²) in [6.07, 6.45) is 1.25. The van der Waals surface area contributed by atoms with Gasteiger partial charge in [-0.05, 0) is 34.7 Å². The Kier molecular flexibility index (Phi) is 5.11. The molecule has 0 bridgehead atoms. The van der Waals surface area contributed by atoms with Crippen LogP contribution in [0.5, 0.6) is 0 Å². The second-order valence-corrected chi connectivity index (χ2v) is 7.82. The molecule has 1 aliphatic rings. The predicted molar refractivity (Wildman–Crippen MR) is 125 cm³/mol. The van der Waals surface area contributed by atoms with E-state index in [9.17, 15) is 4.79 Å². The Morgan fingerprint density at radius 2 is 1.03 bits per heavy atom. The molecule has 0 saturated heterocycles. The first-order chi connectivity index (χ1) is 15.3. The molecule has 0 aliphatic carbocycles. The quantitative estimate of drug-likeness (QED) is 0.448. The second-order valence-electron chi connectivity index (χ2n) is 7.82. The summed E-state index contributed by atoms with van der Waals surface area (Å²) < 4.78 is 0. The van der Waals surface area contributed by atoms with Crippen LogP contribution in [0.1, 0.15) is 28.7 Å². The number of carbonyl (C=O) groups excluding carboxylic acids is 1. The van der Waals surface area contributed by atoms with Crippen LogP contribution < -0.4 is 10.4 Å². The first-order valence-electron chi connectivity index (χ1n) is 10.6. The SMILES string of the molecule is O=C1CCc2ccccc2N1NC(c1ccccc1)(c1ccccc1)c1ccccc1. The average molecular weight is 405 g/mol. The van der Waals surface area contributed by atoms with Crippen molar-refractivity contribution in [1.29, 1.82) is 0 Å². The minimum Gasteiger partial charge on any atom is -0.273 e. The van der Waals surface area contributed by atoms with E-state index < -0.39 is 5.54 Å². The van der Waals surface area contributed by atoms with Gasteiger partial charge < -0.3 is 0 Å². The summed E-state index contributed by atoms with van der Waals surface area (Å²) in [5, 5.41) is 1.76. The normalized spacial score (nSPS) is 13.7. The monoisotopic (exact) mass is 404 g/mol. The highest BCUT2D eigenvalue weighted by atomic mass is 16.2. The van der Waals surface area contributed by atoms with Crippen LogP contribution in [0, 0.1) is 0 Å². The fourth-order valence-electron chi connectivity index (χ4n) is 4.48. The molecule has 3 nitrogen and oxygen atoms in total. The number of nitrogens with zero attached hydrogens (tertiary/aromatic N) is 1. The Morgan fingerprint density at radius 3 is 1.55 bits per heavy atom. The van der Waals surface area contributed by atoms with Gasteiger partial charge in [-0.25, -0.2) is 10.4 Å². The zero-order valence-corrected chi connectivity index (χ0v) is 17.2. The van der Waals surface area contributed by atoms with Crippen LogP contribution >= 0.6 is 0 Å². The predicted octanol–water partition coefficient (Wildman–Crippen LogP) is 5.46. The summed E-state index contributed by atoms with van der Waals surface area (Å²) in [6.45, 7) is 0. The third-order valence-corrected chi connectivity index (χ3v) is 5.99. The number of carbonyl (C=O) groups is 1. The molecule has 4 aromatic rings. The van der Waals surface area contributed by atoms with Crippen LogP contribution in [0.3, 0.4) is 0 Å². The Labute approximate surface area is 182 Å². The van der Waals surface area contributed by atoms with E-state index in [0.717, 1.165) is 28.8 Å². The Bertz CT molecular complexity index is 1080. The van der Waals surface area contributed by atoms with E-state index in [1.54, 1.807) is 5.01 Å². The second kappa shape index (κ2) is 8.21. The number of rotatable bonds is 5. The summed E-state index contributed by atoms with van der Waals surface area (Å²) in [5.41, 5.74) is 8.29. The Balaban J connectivity index is 1.76. The molecule has 3 heteroatoms. The maximum atomic E-state index is 13.2. The summed E-state index contributed by atoms with van der Waals surface area (Å²) in [5.74, 6) is 0.0749. The Hall–Kier alpha value is -3.69. The lowest BCUT2D eigenvalue weighted by molar-refractivity contribution is -0.119. The zero-order valence-electron chi connectivity index (χ0n) is 17.2. The van der Waals surface area contributed by atoms with E-state index in [2.05, 4.69) is 47.9 Å². The van der Waals surface area contributed by atoms with E-state index >= 15 is 0 Å². The van der Waals surface area contributed by atoms with Crippen LogP contribution in [0.15, 0.2) is 115 Å². The lowest BCUT2D eigenvalue weighted by Gasteiger charge is -2.42. The number of hydrogen-bond acceptors (Lipinski definition) is 2. The van der Waals surface area contributed by atoms with Crippen molar-refractivity contribution >= 4 is 11.6 Å². The largest absolute Gasteiger partial charge is 0.273 e. The number of hydrazine groups is 1. The van der Waals surface area contributed by atoms with Gasteiger partial charge in [-0.2, -0.15) is 0 Å². The van der Waals surface area contributed by atoms with Crippen LogP contribution in [0.4, 0.5) is 5.69 Å². The van der Waals surface area contributed by atoms with Crippen molar-refractivity contribution in [3.8, 4) is 0 Å². The van der Waals surface area contributed by atoms with Crippen molar-refractivity contribution in [2.24, 2.45) is 0 Å². The van der Waals surface area contributed by atoms with Crippen LogP contribution in [-0.4, -0.2) is 5.91 Å². The number of amides is 1. The number of aryl methyl sites for hydroxylation is 1. The molecule has 0 fully saturated rings. The van der Waals surface area contributed by atoms with E-state index in [1.807, 2.05) is 72.8 Å². The molecule has 0 spiro atoms. The summed E-state index contributed by atoms with van der Waals surface area (Å²) in [4.78, 5) is 13.2. The van der Waals surface area contributed by atoms with Gasteiger partial charge in [0.2, 0.25) is 5.91 Å². The highest BCUT2D eigenvalue weighted by Crippen LogP contribution is 2.39. The fourth-order valence-corrected chi connectivity index (χ4v) is 4.48. The van der Waals surface area contributed by atoms with Crippen molar-refractivity contribution in [3.63, 3.8) is 0 Å². The third kappa shape index (κ3) is 3.43. The van der Waals surface area contributed by atoms with Gasteiger partial charge in [-0.3, -0.25) is 4.79 Å². The van der Waals surface area contributed by atoms with Crippen molar-refractivity contribution in [2.75, 3.05) is 5.01 Å². The van der Waals surface area contributed by atoms with Crippen LogP contribution in [-0.2, 0) is 16.8 Å². The van der Waals surface area contributed by atoms with E-state index in [1.165, 1.54) is 5.56 Å². The van der Waals surface area contributed by atoms with Gasteiger partial charge in [0.15, 0.2) is 0 Å². The van der Waals surface area contributed by atoms with E-state index in [0.29, 0.717) is 6.42 Å². The Morgan fingerprint density at radius 1 is 0.581 bits per heavy atom. The standard InChI is InChI=1S/C28H24N2O/c31-27-21-20-22-12-10-11-19-26(22)30(27)29-28(23-13-4-1-5-14-23,24-15-6-2-7-16-24)25-17-8-3-9-18-25/h1-19,29H,20-21H2. The lowest BCUT2D eigenvalue weighted by Crippen LogP contribution is -2.57. The highest BCUT2D eigenvalue weighted by Gasteiger charge is 2.40. The van der Waals surface area contributed by atoms with Crippen molar-refractivity contribution < 1.29 is 4.79 Å². The lowest BCUT2D eigenvalue weighted by atomic mass is 9.77. The molecule has 0 saturated carbocycles. The highest BCUT2D eigenvalue weighted by molar-refractivity contribution is 5.95. The smallest absolute Gasteiger partial charge is 0.241 e. The zero-order chi connectivity index (χ0) is 21.1. The summed E-state index contributed by atoms with van der Waals surface area (Å²) in [6, 6.07) is 39.2. The summed E-state index contributed by atoms with van der Waals surface area (Å²) in [7, 11) is 0. The van der Waals surface area contributed by atoms with Gasteiger partial charge >= 0.3 is 0 Å². The fraction of sp³-hybridized carbons (Fsp3) is 0.107. The number of benzene rings is 4. The van der Waals surface area contributed by atoms with E-state index in [-0.39, 0.29) is 5.91 Å². The van der Waals surface area contributed by atoms with Gasteiger partial charge in [-0.15, -0.1) is 0 Å². The molecule has 5 rings (SSSR count). The number of anilines is 1. The molecule has 1 amide bonds. The molecule has 152 valence electrons. The van der Waals surface area contributed by atoms with Gasteiger partial charge in [0.25, 0.3) is 0 Å². The number of hydrogen-bond donors (Lipinski definition) is 1. The van der Waals surface area contributed by atoms with Crippen molar-refractivity contribution in [1.82, 2.24) is 5.43 Å². The third-order valence-electron chi connectivity index (χ3n) is 5.99. The minimum absolute atomic E-state index is 0.0749. The van der Waals surface area contributed by atoms with Gasteiger partial charge in [0.05, 0.1) is 5.69 Å². The maximum absolute atomic E-state index is 13.2. The van der Waals surface area contributed by atoms with Gasteiger partial charge in [0, 0.05) is 6.42 Å². The number of para-hydroxylation sites is 1. The first kappa shape index (κ1) is 19.3. The molecule has 31 heavy (non-hydrogen) atoms. The first-order valence-corrected chi connectivity index (χ1v) is 10.6. The molecule has 1 heterocycles. The molecular weight excluding hydrogens is 380 g/mol.